The fourth-order valence-electron chi connectivity index (χ4n) is 1.97. The van der Waals surface area contributed by atoms with E-state index in [1.165, 1.54) is 16.8 Å². The van der Waals surface area contributed by atoms with Crippen molar-refractivity contribution in [3.8, 4) is 0 Å². The number of aryl methyl sites for hydroxylation is 2. The third kappa shape index (κ3) is 3.53. The summed E-state index contributed by atoms with van der Waals surface area (Å²) in [5.41, 5.74) is 9.83. The van der Waals surface area contributed by atoms with E-state index in [0.29, 0.717) is 6.54 Å². The number of nitrogens with two attached hydrogens (primary N) is 1. The van der Waals surface area contributed by atoms with Gasteiger partial charge in [-0.3, -0.25) is 0 Å². The molecule has 90 valence electrons. The molecule has 0 bridgehead atoms. The third-order valence-corrected chi connectivity index (χ3v) is 2.87. The normalized spacial score (nSPS) is 11.6. The number of hydrogen-bond donors (Lipinski definition) is 1. The Kier molecular flexibility index (Phi) is 3.98. The lowest BCUT2D eigenvalue weighted by Gasteiger charge is -2.30. The number of nitrogens with zero attached hydrogens (tertiary/aromatic N) is 1. The minimum atomic E-state index is 0.159. The predicted molar refractivity (Wildman–Crippen MR) is 72.0 cm³/mol. The van der Waals surface area contributed by atoms with Crippen LogP contribution in [0.3, 0.4) is 0 Å². The summed E-state index contributed by atoms with van der Waals surface area (Å²) in [4.78, 5) is 2.28. The summed E-state index contributed by atoms with van der Waals surface area (Å²) >= 11 is 0. The third-order valence-electron chi connectivity index (χ3n) is 2.87. The summed E-state index contributed by atoms with van der Waals surface area (Å²) < 4.78 is 0. The molecule has 0 aliphatic heterocycles. The Hall–Kier alpha value is -1.02. The number of hydrogen-bond acceptors (Lipinski definition) is 2. The van der Waals surface area contributed by atoms with E-state index in [4.69, 9.17) is 5.73 Å². The van der Waals surface area contributed by atoms with Gasteiger partial charge in [-0.1, -0.05) is 19.9 Å². The summed E-state index contributed by atoms with van der Waals surface area (Å²) in [7, 11) is 2.13. The molecule has 1 rings (SSSR count). The van der Waals surface area contributed by atoms with Gasteiger partial charge in [0.15, 0.2) is 0 Å². The van der Waals surface area contributed by atoms with E-state index in [1.807, 2.05) is 0 Å². The van der Waals surface area contributed by atoms with Crippen LogP contribution in [0.15, 0.2) is 18.2 Å². The number of rotatable bonds is 4. The monoisotopic (exact) mass is 220 g/mol. The van der Waals surface area contributed by atoms with Gasteiger partial charge in [-0.2, -0.15) is 0 Å². The van der Waals surface area contributed by atoms with Gasteiger partial charge in [0.05, 0.1) is 0 Å². The highest BCUT2D eigenvalue weighted by Crippen LogP contribution is 2.22. The van der Waals surface area contributed by atoms with E-state index in [9.17, 15) is 0 Å². The van der Waals surface area contributed by atoms with Gasteiger partial charge in [-0.15, -0.1) is 0 Å². The highest BCUT2D eigenvalue weighted by atomic mass is 15.1. The fourth-order valence-corrected chi connectivity index (χ4v) is 1.97. The van der Waals surface area contributed by atoms with Crippen LogP contribution in [0.5, 0.6) is 0 Å². The average Bonchev–Trinajstić information content (AvgIpc) is 2.15. The van der Waals surface area contributed by atoms with E-state index < -0.39 is 0 Å². The molecule has 0 aliphatic rings. The zero-order chi connectivity index (χ0) is 12.3. The van der Waals surface area contributed by atoms with Crippen LogP contribution >= 0.6 is 0 Å². The number of benzene rings is 1. The Labute approximate surface area is 99.5 Å². The Balaban J connectivity index is 2.84. The van der Waals surface area contributed by atoms with E-state index in [-0.39, 0.29) is 5.41 Å². The highest BCUT2D eigenvalue weighted by molar-refractivity contribution is 5.50. The van der Waals surface area contributed by atoms with Crippen molar-refractivity contribution in [1.82, 2.24) is 0 Å². The summed E-state index contributed by atoms with van der Waals surface area (Å²) in [6, 6.07) is 6.64. The summed E-state index contributed by atoms with van der Waals surface area (Å²) in [5, 5.41) is 0. The summed E-state index contributed by atoms with van der Waals surface area (Å²) in [6.45, 7) is 10.4. The lowest BCUT2D eigenvalue weighted by atomic mass is 9.93. The minimum absolute atomic E-state index is 0.159. The summed E-state index contributed by atoms with van der Waals surface area (Å²) in [6.07, 6.45) is 0. The van der Waals surface area contributed by atoms with Crippen molar-refractivity contribution in [3.05, 3.63) is 29.3 Å². The van der Waals surface area contributed by atoms with Crippen molar-refractivity contribution >= 4 is 5.69 Å². The molecule has 1 aromatic carbocycles. The highest BCUT2D eigenvalue weighted by Gasteiger charge is 2.18. The molecule has 0 saturated carbocycles. The van der Waals surface area contributed by atoms with Gasteiger partial charge in [0.1, 0.15) is 0 Å². The largest absolute Gasteiger partial charge is 0.374 e. The van der Waals surface area contributed by atoms with Gasteiger partial charge in [0.25, 0.3) is 0 Å². The van der Waals surface area contributed by atoms with Crippen LogP contribution in [0.4, 0.5) is 5.69 Å². The molecule has 0 unspecified atom stereocenters. The van der Waals surface area contributed by atoms with Gasteiger partial charge in [-0.25, -0.2) is 0 Å². The van der Waals surface area contributed by atoms with Gasteiger partial charge >= 0.3 is 0 Å². The molecule has 0 aliphatic carbocycles. The molecule has 0 saturated heterocycles. The molecule has 0 aromatic heterocycles. The predicted octanol–water partition coefficient (Wildman–Crippen LogP) is 2.72. The Morgan fingerprint density at radius 3 is 2.06 bits per heavy atom. The molecule has 0 amide bonds. The molecule has 0 radical (unpaired) electrons. The maximum atomic E-state index is 5.77. The SMILES string of the molecule is Cc1cc(C)cc(N(C)CC(C)(C)CN)c1. The molecular formula is C14H24N2. The maximum Gasteiger partial charge on any atom is 0.0369 e. The van der Waals surface area contributed by atoms with Crippen LogP contribution in [0.2, 0.25) is 0 Å². The van der Waals surface area contributed by atoms with Gasteiger partial charge < -0.3 is 10.6 Å². The zero-order valence-electron chi connectivity index (χ0n) is 11.2. The van der Waals surface area contributed by atoms with Crippen LogP contribution in [-0.2, 0) is 0 Å². The van der Waals surface area contributed by atoms with Gasteiger partial charge in [0, 0.05) is 19.3 Å². The molecule has 0 spiro atoms. The average molecular weight is 220 g/mol. The lowest BCUT2D eigenvalue weighted by Crippen LogP contribution is -2.36. The van der Waals surface area contributed by atoms with E-state index in [1.54, 1.807) is 0 Å². The molecule has 0 fully saturated rings. The first kappa shape index (κ1) is 13.0. The molecule has 16 heavy (non-hydrogen) atoms. The zero-order valence-corrected chi connectivity index (χ0v) is 11.2. The van der Waals surface area contributed by atoms with E-state index in [0.717, 1.165) is 6.54 Å². The smallest absolute Gasteiger partial charge is 0.0369 e. The van der Waals surface area contributed by atoms with Crippen LogP contribution < -0.4 is 10.6 Å². The quantitative estimate of drug-likeness (QED) is 0.845. The van der Waals surface area contributed by atoms with Crippen molar-refractivity contribution in [2.75, 3.05) is 25.0 Å². The van der Waals surface area contributed by atoms with Gasteiger partial charge in [0.2, 0.25) is 0 Å². The maximum absolute atomic E-state index is 5.77. The summed E-state index contributed by atoms with van der Waals surface area (Å²) in [5.74, 6) is 0. The number of anilines is 1. The Morgan fingerprint density at radius 1 is 1.12 bits per heavy atom. The molecule has 1 aromatic rings. The Morgan fingerprint density at radius 2 is 1.62 bits per heavy atom. The second-order valence-electron chi connectivity index (χ2n) is 5.57. The van der Waals surface area contributed by atoms with Crippen molar-refractivity contribution in [2.45, 2.75) is 27.7 Å². The molecular weight excluding hydrogens is 196 g/mol. The van der Waals surface area contributed by atoms with Crippen molar-refractivity contribution in [3.63, 3.8) is 0 Å². The van der Waals surface area contributed by atoms with Crippen molar-refractivity contribution < 1.29 is 0 Å². The molecule has 0 atom stereocenters. The molecule has 0 heterocycles. The minimum Gasteiger partial charge on any atom is -0.374 e. The first-order valence-electron chi connectivity index (χ1n) is 5.83. The van der Waals surface area contributed by atoms with Crippen molar-refractivity contribution in [2.24, 2.45) is 11.1 Å². The van der Waals surface area contributed by atoms with Gasteiger partial charge in [-0.05, 0) is 49.1 Å². The lowest BCUT2D eigenvalue weighted by molar-refractivity contribution is 0.385. The van der Waals surface area contributed by atoms with Crippen LogP contribution in [0.25, 0.3) is 0 Å². The first-order valence-corrected chi connectivity index (χ1v) is 5.83. The molecule has 2 nitrogen and oxygen atoms in total. The molecule has 2 heteroatoms. The van der Waals surface area contributed by atoms with E-state index in [2.05, 4.69) is 57.8 Å². The van der Waals surface area contributed by atoms with Crippen molar-refractivity contribution in [1.29, 1.82) is 0 Å². The van der Waals surface area contributed by atoms with Crippen LogP contribution in [-0.4, -0.2) is 20.1 Å². The Bertz CT molecular complexity index is 336. The first-order chi connectivity index (χ1) is 7.34. The van der Waals surface area contributed by atoms with E-state index >= 15 is 0 Å². The molecule has 2 N–H and O–H groups in total. The second kappa shape index (κ2) is 4.88. The topological polar surface area (TPSA) is 29.3 Å². The second-order valence-corrected chi connectivity index (χ2v) is 5.57. The standard InChI is InChI=1S/C14H24N2/c1-11-6-12(2)8-13(7-11)16(5)10-14(3,4)9-15/h6-8H,9-10,15H2,1-5H3. The van der Waals surface area contributed by atoms with Crippen LogP contribution in [0.1, 0.15) is 25.0 Å². The fraction of sp³-hybridized carbons (Fsp3) is 0.571. The van der Waals surface area contributed by atoms with Crippen LogP contribution in [0, 0.1) is 19.3 Å².